The standard InChI is InChI=1S/C28H39N3O6S/c1-4-21-17-20(3)23-12-9-8-11-22(23)19-31(24(21)5-2)28(34)15-14-25(32)26(38(35,36)37)18-30-27(33)13-7-6-10-16-29/h4-5,8,11,17,26H,1-2,6-7,9-10,12-16,18-19,29H2,3H3,(H,30,33)(H,35,36,37). The summed E-state index contributed by atoms with van der Waals surface area (Å²) in [6.45, 7) is 9.96. The van der Waals surface area contributed by atoms with Crippen molar-refractivity contribution in [3.63, 3.8) is 0 Å². The van der Waals surface area contributed by atoms with Crippen molar-refractivity contribution in [1.29, 1.82) is 0 Å². The molecule has 1 aliphatic carbocycles. The van der Waals surface area contributed by atoms with Gasteiger partial charge in [0.1, 0.15) is 0 Å². The fourth-order valence-electron chi connectivity index (χ4n) is 4.55. The van der Waals surface area contributed by atoms with E-state index < -0.39 is 45.9 Å². The number of nitrogens with zero attached hydrogens (tertiary/aromatic N) is 1. The van der Waals surface area contributed by atoms with Gasteiger partial charge in [0, 0.05) is 25.8 Å². The number of amides is 2. The molecule has 2 aliphatic rings. The van der Waals surface area contributed by atoms with Gasteiger partial charge in [-0.3, -0.25) is 18.9 Å². The lowest BCUT2D eigenvalue weighted by atomic mass is 9.89. The number of hydrogen-bond acceptors (Lipinski definition) is 6. The average molecular weight is 546 g/mol. The summed E-state index contributed by atoms with van der Waals surface area (Å²) >= 11 is 0. The Morgan fingerprint density at radius 2 is 1.89 bits per heavy atom. The summed E-state index contributed by atoms with van der Waals surface area (Å²) in [4.78, 5) is 39.7. The molecule has 38 heavy (non-hydrogen) atoms. The van der Waals surface area contributed by atoms with E-state index in [1.54, 1.807) is 12.2 Å². The lowest BCUT2D eigenvalue weighted by Gasteiger charge is -2.30. The molecule has 208 valence electrons. The Morgan fingerprint density at radius 3 is 2.53 bits per heavy atom. The van der Waals surface area contributed by atoms with Gasteiger partial charge in [-0.05, 0) is 73.6 Å². The number of carbonyl (C=O) groups is 3. The van der Waals surface area contributed by atoms with Crippen LogP contribution in [0.25, 0.3) is 0 Å². The first-order valence-electron chi connectivity index (χ1n) is 12.9. The summed E-state index contributed by atoms with van der Waals surface area (Å²) in [5.74, 6) is -1.67. The minimum absolute atomic E-state index is 0.155. The predicted molar refractivity (Wildman–Crippen MR) is 148 cm³/mol. The molecule has 0 fully saturated rings. The number of nitrogens with two attached hydrogens (primary N) is 1. The van der Waals surface area contributed by atoms with Gasteiger partial charge in [-0.25, -0.2) is 0 Å². The molecular weight excluding hydrogens is 506 g/mol. The highest BCUT2D eigenvalue weighted by Gasteiger charge is 2.32. The Labute approximate surface area is 225 Å². The summed E-state index contributed by atoms with van der Waals surface area (Å²) in [6, 6.07) is 0. The summed E-state index contributed by atoms with van der Waals surface area (Å²) < 4.78 is 33.4. The van der Waals surface area contributed by atoms with E-state index in [0.29, 0.717) is 24.2 Å². The molecule has 0 bridgehead atoms. The molecule has 0 aromatic carbocycles. The van der Waals surface area contributed by atoms with E-state index in [9.17, 15) is 27.4 Å². The first-order valence-corrected chi connectivity index (χ1v) is 14.4. The molecule has 10 heteroatoms. The van der Waals surface area contributed by atoms with E-state index in [4.69, 9.17) is 5.73 Å². The van der Waals surface area contributed by atoms with Gasteiger partial charge >= 0.3 is 0 Å². The Morgan fingerprint density at radius 1 is 1.16 bits per heavy atom. The van der Waals surface area contributed by atoms with Crippen LogP contribution < -0.4 is 11.1 Å². The zero-order valence-electron chi connectivity index (χ0n) is 22.1. The second kappa shape index (κ2) is 14.8. The minimum Gasteiger partial charge on any atom is -0.354 e. The number of nitrogens with one attached hydrogen (secondary N) is 1. The van der Waals surface area contributed by atoms with Crippen LogP contribution in [-0.2, 0) is 24.5 Å². The summed E-state index contributed by atoms with van der Waals surface area (Å²) in [5, 5.41) is 0.549. The first kappa shape index (κ1) is 31.1. The summed E-state index contributed by atoms with van der Waals surface area (Å²) in [5.41, 5.74) is 9.88. The van der Waals surface area contributed by atoms with E-state index >= 15 is 0 Å². The molecule has 0 saturated carbocycles. The Bertz CT molecular complexity index is 1180. The topological polar surface area (TPSA) is 147 Å². The van der Waals surface area contributed by atoms with Crippen molar-refractivity contribution in [2.75, 3.05) is 19.6 Å². The van der Waals surface area contributed by atoms with Crippen molar-refractivity contribution in [3.05, 3.63) is 71.5 Å². The maximum Gasteiger partial charge on any atom is 0.276 e. The number of allylic oxidation sites excluding steroid dienone is 7. The third kappa shape index (κ3) is 8.75. The van der Waals surface area contributed by atoms with Gasteiger partial charge in [0.25, 0.3) is 10.1 Å². The Kier molecular flexibility index (Phi) is 12.1. The predicted octanol–water partition coefficient (Wildman–Crippen LogP) is 3.29. The van der Waals surface area contributed by atoms with Gasteiger partial charge in [-0.15, -0.1) is 0 Å². The van der Waals surface area contributed by atoms with Crippen LogP contribution in [0.15, 0.2) is 71.5 Å². The van der Waals surface area contributed by atoms with Crippen molar-refractivity contribution >= 4 is 27.7 Å². The second-order valence-electron chi connectivity index (χ2n) is 9.37. The minimum atomic E-state index is -4.79. The molecule has 0 spiro atoms. The molecule has 4 N–H and O–H groups in total. The summed E-state index contributed by atoms with van der Waals surface area (Å²) in [7, 11) is -4.79. The van der Waals surface area contributed by atoms with Crippen molar-refractivity contribution in [3.8, 4) is 0 Å². The fourth-order valence-corrected chi connectivity index (χ4v) is 5.29. The lowest BCUT2D eigenvalue weighted by Crippen LogP contribution is -2.42. The molecule has 9 nitrogen and oxygen atoms in total. The van der Waals surface area contributed by atoms with Crippen molar-refractivity contribution in [2.24, 2.45) is 5.73 Å². The zero-order valence-corrected chi connectivity index (χ0v) is 22.9. The molecule has 1 aliphatic heterocycles. The van der Waals surface area contributed by atoms with Crippen LogP contribution in [0.3, 0.4) is 0 Å². The lowest BCUT2D eigenvalue weighted by molar-refractivity contribution is -0.131. The number of ketones is 1. The van der Waals surface area contributed by atoms with Crippen LogP contribution in [0.2, 0.25) is 0 Å². The van der Waals surface area contributed by atoms with E-state index in [1.807, 2.05) is 19.1 Å². The van der Waals surface area contributed by atoms with Crippen LogP contribution in [0.5, 0.6) is 0 Å². The van der Waals surface area contributed by atoms with Crippen LogP contribution in [0.1, 0.15) is 58.3 Å². The largest absolute Gasteiger partial charge is 0.354 e. The van der Waals surface area contributed by atoms with E-state index in [2.05, 4.69) is 24.6 Å². The van der Waals surface area contributed by atoms with Crippen LogP contribution in [0, 0.1) is 0 Å². The van der Waals surface area contributed by atoms with Crippen molar-refractivity contribution < 1.29 is 27.4 Å². The third-order valence-electron chi connectivity index (χ3n) is 6.64. The van der Waals surface area contributed by atoms with Crippen molar-refractivity contribution in [2.45, 2.75) is 63.5 Å². The fraction of sp³-hybridized carbons (Fsp3) is 0.464. The molecule has 0 radical (unpaired) electrons. The smallest absolute Gasteiger partial charge is 0.276 e. The molecular formula is C28H39N3O6S. The highest BCUT2D eigenvalue weighted by Crippen LogP contribution is 2.31. The zero-order chi connectivity index (χ0) is 28.3. The Hall–Kier alpha value is -3.08. The van der Waals surface area contributed by atoms with E-state index in [-0.39, 0.29) is 19.4 Å². The van der Waals surface area contributed by atoms with Crippen LogP contribution in [0.4, 0.5) is 0 Å². The molecule has 1 atom stereocenters. The average Bonchev–Trinajstić information content (AvgIpc) is 2.87. The molecule has 1 unspecified atom stereocenters. The molecule has 2 amide bonds. The third-order valence-corrected chi connectivity index (χ3v) is 7.79. The normalized spacial score (nSPS) is 16.7. The van der Waals surface area contributed by atoms with E-state index in [1.165, 1.54) is 4.90 Å². The number of rotatable bonds is 14. The van der Waals surface area contributed by atoms with Gasteiger partial charge in [-0.1, -0.05) is 37.8 Å². The van der Waals surface area contributed by atoms with Gasteiger partial charge in [0.2, 0.25) is 11.8 Å². The first-order chi connectivity index (χ1) is 18.0. The molecule has 0 aromatic rings. The van der Waals surface area contributed by atoms with Crippen LogP contribution >= 0.6 is 0 Å². The number of unbranched alkanes of at least 4 members (excludes halogenated alkanes) is 2. The van der Waals surface area contributed by atoms with Crippen LogP contribution in [-0.4, -0.2) is 60.4 Å². The molecule has 2 rings (SSSR count). The maximum atomic E-state index is 13.4. The van der Waals surface area contributed by atoms with Gasteiger partial charge < -0.3 is 16.0 Å². The maximum absolute atomic E-state index is 13.4. The molecule has 1 heterocycles. The number of Topliss-reactive ketones (excluding diaryl/α,β-unsaturated/α-hetero) is 1. The highest BCUT2D eigenvalue weighted by molar-refractivity contribution is 7.87. The Balaban J connectivity index is 2.15. The second-order valence-corrected chi connectivity index (χ2v) is 11.0. The van der Waals surface area contributed by atoms with E-state index in [0.717, 1.165) is 42.4 Å². The molecule has 0 aromatic heterocycles. The number of hydrogen-bond donors (Lipinski definition) is 3. The molecule has 0 saturated heterocycles. The quantitative estimate of drug-likeness (QED) is 0.224. The van der Waals surface area contributed by atoms with Gasteiger partial charge in [0.05, 0.1) is 12.2 Å². The monoisotopic (exact) mass is 545 g/mol. The van der Waals surface area contributed by atoms with Gasteiger partial charge in [-0.2, -0.15) is 8.42 Å². The van der Waals surface area contributed by atoms with Gasteiger partial charge in [0.15, 0.2) is 11.0 Å². The van der Waals surface area contributed by atoms with Crippen molar-refractivity contribution in [1.82, 2.24) is 10.2 Å². The highest BCUT2D eigenvalue weighted by atomic mass is 32.2. The summed E-state index contributed by atoms with van der Waals surface area (Å²) in [6.07, 6.45) is 12.5. The SMILES string of the molecule is C=CC1=C(C=C)N(C(=O)CCC(=O)C(CNC(=O)CCCCCN)S(=O)(=O)O)CC2=C(CCC=C2)C(C)=C1. The number of carbonyl (C=O) groups excluding carboxylic acids is 3.